The van der Waals surface area contributed by atoms with Crippen molar-refractivity contribution in [2.75, 3.05) is 19.8 Å². The fourth-order valence-electron chi connectivity index (χ4n) is 2.03. The van der Waals surface area contributed by atoms with Crippen molar-refractivity contribution in [1.82, 2.24) is 5.32 Å². The minimum absolute atomic E-state index is 0.154. The van der Waals surface area contributed by atoms with Gasteiger partial charge in [-0.15, -0.1) is 0 Å². The van der Waals surface area contributed by atoms with Gasteiger partial charge in [0.1, 0.15) is 5.54 Å². The van der Waals surface area contributed by atoms with Crippen molar-refractivity contribution in [2.24, 2.45) is 0 Å². The first kappa shape index (κ1) is 16.4. The molecule has 0 saturated heterocycles. The molecular weight excluding hydrogens is 242 g/mol. The lowest BCUT2D eigenvalue weighted by Gasteiger charge is -2.28. The van der Waals surface area contributed by atoms with Gasteiger partial charge < -0.3 is 9.47 Å². The summed E-state index contributed by atoms with van der Waals surface area (Å²) in [6.45, 7) is 7.78. The molecule has 0 bridgehead atoms. The minimum atomic E-state index is -0.595. The number of hydrogen-bond donors (Lipinski definition) is 1. The number of esters is 1. The molecule has 1 unspecified atom stereocenters. The van der Waals surface area contributed by atoms with Crippen molar-refractivity contribution in [2.45, 2.75) is 70.9 Å². The number of carbonyl (C=O) groups is 1. The number of ether oxygens (including phenoxy) is 2. The maximum absolute atomic E-state index is 12.1. The molecule has 0 spiro atoms. The molecule has 1 aliphatic carbocycles. The Morgan fingerprint density at radius 2 is 2.00 bits per heavy atom. The number of nitrogens with one attached hydrogen (secondary N) is 1. The van der Waals surface area contributed by atoms with Crippen LogP contribution in [0.25, 0.3) is 0 Å². The number of unbranched alkanes of at least 4 members (excludes halogenated alkanes) is 2. The van der Waals surface area contributed by atoms with Gasteiger partial charge in [-0.2, -0.15) is 0 Å². The quantitative estimate of drug-likeness (QED) is 0.463. The van der Waals surface area contributed by atoms with E-state index in [-0.39, 0.29) is 5.97 Å². The van der Waals surface area contributed by atoms with E-state index in [1.54, 1.807) is 0 Å². The second-order valence-corrected chi connectivity index (χ2v) is 5.54. The first-order chi connectivity index (χ1) is 9.12. The summed E-state index contributed by atoms with van der Waals surface area (Å²) in [6, 6.07) is 0.481. The summed E-state index contributed by atoms with van der Waals surface area (Å²) >= 11 is 0. The van der Waals surface area contributed by atoms with Crippen LogP contribution in [0.4, 0.5) is 0 Å². The van der Waals surface area contributed by atoms with Gasteiger partial charge in [-0.25, -0.2) is 0 Å². The third kappa shape index (κ3) is 6.39. The van der Waals surface area contributed by atoms with E-state index >= 15 is 0 Å². The van der Waals surface area contributed by atoms with Crippen LogP contribution in [0.5, 0.6) is 0 Å². The summed E-state index contributed by atoms with van der Waals surface area (Å²) in [5.41, 5.74) is -0.595. The van der Waals surface area contributed by atoms with E-state index in [0.29, 0.717) is 25.7 Å². The van der Waals surface area contributed by atoms with E-state index in [1.807, 2.05) is 13.8 Å². The topological polar surface area (TPSA) is 47.6 Å². The van der Waals surface area contributed by atoms with Crippen molar-refractivity contribution >= 4 is 5.97 Å². The molecule has 0 aromatic carbocycles. The van der Waals surface area contributed by atoms with E-state index in [1.165, 1.54) is 12.8 Å². The van der Waals surface area contributed by atoms with Crippen LogP contribution in [-0.2, 0) is 14.3 Å². The van der Waals surface area contributed by atoms with Crippen LogP contribution in [0.2, 0.25) is 0 Å². The molecule has 0 aromatic heterocycles. The number of carbonyl (C=O) groups excluding carboxylic acids is 1. The summed E-state index contributed by atoms with van der Waals surface area (Å²) in [5, 5.41) is 3.40. The van der Waals surface area contributed by atoms with E-state index in [4.69, 9.17) is 9.47 Å². The van der Waals surface area contributed by atoms with Gasteiger partial charge in [-0.1, -0.05) is 19.8 Å². The molecule has 0 heterocycles. The minimum Gasteiger partial charge on any atom is -0.465 e. The molecule has 0 amide bonds. The van der Waals surface area contributed by atoms with Crippen LogP contribution in [0.3, 0.4) is 0 Å². The van der Waals surface area contributed by atoms with E-state index in [0.717, 1.165) is 25.9 Å². The molecule has 1 rings (SSSR count). The van der Waals surface area contributed by atoms with Crippen molar-refractivity contribution in [1.29, 1.82) is 0 Å². The molecule has 1 aliphatic rings. The molecular formula is C15H29NO3. The highest BCUT2D eigenvalue weighted by molar-refractivity contribution is 5.80. The zero-order valence-electron chi connectivity index (χ0n) is 12.7. The molecule has 0 aromatic rings. The highest BCUT2D eigenvalue weighted by atomic mass is 16.5. The van der Waals surface area contributed by atoms with E-state index in [2.05, 4.69) is 12.2 Å². The average molecular weight is 271 g/mol. The first-order valence-electron chi connectivity index (χ1n) is 7.65. The molecule has 112 valence electrons. The summed E-state index contributed by atoms with van der Waals surface area (Å²) in [7, 11) is 0. The largest absolute Gasteiger partial charge is 0.465 e. The van der Waals surface area contributed by atoms with Crippen LogP contribution in [0.15, 0.2) is 0 Å². The van der Waals surface area contributed by atoms with E-state index in [9.17, 15) is 4.79 Å². The van der Waals surface area contributed by atoms with Crippen LogP contribution in [-0.4, -0.2) is 37.4 Å². The average Bonchev–Trinajstić information content (AvgIpc) is 3.17. The molecule has 4 nitrogen and oxygen atoms in total. The second kappa shape index (κ2) is 8.54. The van der Waals surface area contributed by atoms with Gasteiger partial charge in [0.05, 0.1) is 6.61 Å². The number of hydrogen-bond acceptors (Lipinski definition) is 4. The standard InChI is InChI=1S/C15H29NO3/c1-4-6-7-11-18-12-10-15(3,14(17)19-5-2)16-13-8-9-13/h13,16H,4-12H2,1-3H3. The van der Waals surface area contributed by atoms with Gasteiger partial charge >= 0.3 is 5.97 Å². The Kier molecular flexibility index (Phi) is 7.39. The van der Waals surface area contributed by atoms with Crippen molar-refractivity contribution < 1.29 is 14.3 Å². The normalized spacial score (nSPS) is 18.1. The Morgan fingerprint density at radius 3 is 2.58 bits per heavy atom. The smallest absolute Gasteiger partial charge is 0.326 e. The van der Waals surface area contributed by atoms with Gasteiger partial charge in [-0.05, 0) is 39.5 Å². The van der Waals surface area contributed by atoms with Crippen LogP contribution < -0.4 is 5.32 Å². The lowest BCUT2D eigenvalue weighted by molar-refractivity contribution is -0.151. The fourth-order valence-corrected chi connectivity index (χ4v) is 2.03. The Balaban J connectivity index is 2.29. The Hall–Kier alpha value is -0.610. The van der Waals surface area contributed by atoms with Gasteiger partial charge in [0.15, 0.2) is 0 Å². The molecule has 0 radical (unpaired) electrons. The van der Waals surface area contributed by atoms with Crippen LogP contribution in [0.1, 0.15) is 59.3 Å². The van der Waals surface area contributed by atoms with E-state index < -0.39 is 5.54 Å². The molecule has 1 N–H and O–H groups in total. The zero-order valence-corrected chi connectivity index (χ0v) is 12.7. The molecule has 0 aliphatic heterocycles. The predicted octanol–water partition coefficient (Wildman–Crippen LogP) is 2.66. The van der Waals surface area contributed by atoms with Crippen LogP contribution >= 0.6 is 0 Å². The Bertz CT molecular complexity index is 266. The van der Waals surface area contributed by atoms with Gasteiger partial charge in [0.2, 0.25) is 0 Å². The maximum atomic E-state index is 12.1. The maximum Gasteiger partial charge on any atom is 0.326 e. The lowest BCUT2D eigenvalue weighted by Crippen LogP contribution is -2.52. The van der Waals surface area contributed by atoms with Crippen LogP contribution in [0, 0.1) is 0 Å². The predicted molar refractivity (Wildman–Crippen MR) is 76.2 cm³/mol. The van der Waals surface area contributed by atoms with Crippen molar-refractivity contribution in [3.63, 3.8) is 0 Å². The summed E-state index contributed by atoms with van der Waals surface area (Å²) in [4.78, 5) is 12.1. The monoisotopic (exact) mass is 271 g/mol. The highest BCUT2D eigenvalue weighted by Crippen LogP contribution is 2.25. The van der Waals surface area contributed by atoms with Gasteiger partial charge in [0, 0.05) is 19.3 Å². The molecule has 19 heavy (non-hydrogen) atoms. The Morgan fingerprint density at radius 1 is 1.26 bits per heavy atom. The second-order valence-electron chi connectivity index (χ2n) is 5.54. The first-order valence-corrected chi connectivity index (χ1v) is 7.65. The lowest BCUT2D eigenvalue weighted by atomic mass is 9.98. The third-order valence-corrected chi connectivity index (χ3v) is 3.46. The Labute approximate surface area is 117 Å². The zero-order chi connectivity index (χ0) is 14.1. The molecule has 1 atom stereocenters. The summed E-state index contributed by atoms with van der Waals surface area (Å²) in [5.74, 6) is -0.154. The third-order valence-electron chi connectivity index (χ3n) is 3.46. The highest BCUT2D eigenvalue weighted by Gasteiger charge is 2.39. The number of rotatable bonds is 11. The SMILES string of the molecule is CCCCCOCCC(C)(NC1CC1)C(=O)OCC. The fraction of sp³-hybridized carbons (Fsp3) is 0.933. The van der Waals surface area contributed by atoms with Crippen molar-refractivity contribution in [3.8, 4) is 0 Å². The molecule has 1 fully saturated rings. The summed E-state index contributed by atoms with van der Waals surface area (Å²) < 4.78 is 10.8. The van der Waals surface area contributed by atoms with Crippen molar-refractivity contribution in [3.05, 3.63) is 0 Å². The molecule has 4 heteroatoms. The van der Waals surface area contributed by atoms with Gasteiger partial charge in [-0.3, -0.25) is 10.1 Å². The van der Waals surface area contributed by atoms with Gasteiger partial charge in [0.25, 0.3) is 0 Å². The summed E-state index contributed by atoms with van der Waals surface area (Å²) in [6.07, 6.45) is 6.50. The molecule has 1 saturated carbocycles.